The first kappa shape index (κ1) is 19.6. The second-order valence-corrected chi connectivity index (χ2v) is 9.27. The summed E-state index contributed by atoms with van der Waals surface area (Å²) in [5.74, 6) is 0.0248. The molecular formula is C22H28N2O2S. The van der Waals surface area contributed by atoms with Gasteiger partial charge in [-0.25, -0.2) is 0 Å². The van der Waals surface area contributed by atoms with Crippen LogP contribution in [0.3, 0.4) is 0 Å². The summed E-state index contributed by atoms with van der Waals surface area (Å²) < 4.78 is 2.90. The van der Waals surface area contributed by atoms with Crippen molar-refractivity contribution in [3.63, 3.8) is 0 Å². The number of thiazole rings is 1. The first-order chi connectivity index (χ1) is 12.8. The number of hydrogen-bond donors (Lipinski definition) is 0. The molecule has 1 fully saturated rings. The van der Waals surface area contributed by atoms with Gasteiger partial charge in [0.15, 0.2) is 5.78 Å². The first-order valence-corrected chi connectivity index (χ1v) is 10.4. The molecule has 0 radical (unpaired) electrons. The minimum atomic E-state index is -0.450. The zero-order valence-electron chi connectivity index (χ0n) is 16.6. The van der Waals surface area contributed by atoms with Crippen LogP contribution in [-0.4, -0.2) is 23.4 Å². The minimum Gasteiger partial charge on any atom is -0.372 e. The van der Waals surface area contributed by atoms with E-state index in [0.717, 1.165) is 18.7 Å². The molecule has 0 bridgehead atoms. The van der Waals surface area contributed by atoms with E-state index in [2.05, 4.69) is 29.2 Å². The lowest BCUT2D eigenvalue weighted by atomic mass is 9.91. The summed E-state index contributed by atoms with van der Waals surface area (Å²) >= 11 is 1.37. The van der Waals surface area contributed by atoms with Crippen molar-refractivity contribution < 1.29 is 4.79 Å². The Kier molecular flexibility index (Phi) is 5.70. The average Bonchev–Trinajstić information content (AvgIpc) is 2.90. The molecule has 2 heterocycles. The molecule has 27 heavy (non-hydrogen) atoms. The fourth-order valence-electron chi connectivity index (χ4n) is 3.12. The monoisotopic (exact) mass is 384 g/mol. The molecule has 1 aromatic carbocycles. The van der Waals surface area contributed by atoms with Gasteiger partial charge in [-0.2, -0.15) is 0 Å². The molecule has 0 unspecified atom stereocenters. The lowest BCUT2D eigenvalue weighted by Gasteiger charge is -2.28. The van der Waals surface area contributed by atoms with Gasteiger partial charge in [0.05, 0.1) is 4.53 Å². The van der Waals surface area contributed by atoms with Gasteiger partial charge in [0.2, 0.25) is 0 Å². The molecule has 0 saturated carbocycles. The zero-order valence-corrected chi connectivity index (χ0v) is 17.4. The van der Waals surface area contributed by atoms with Crippen LogP contribution in [0, 0.1) is 5.41 Å². The van der Waals surface area contributed by atoms with Gasteiger partial charge in [-0.15, -0.1) is 11.3 Å². The number of aromatic nitrogens is 1. The Labute approximate surface area is 164 Å². The lowest BCUT2D eigenvalue weighted by Crippen LogP contribution is -2.30. The van der Waals surface area contributed by atoms with E-state index in [1.165, 1.54) is 36.3 Å². The fourth-order valence-corrected chi connectivity index (χ4v) is 4.15. The highest BCUT2D eigenvalue weighted by Crippen LogP contribution is 2.20. The molecule has 3 rings (SSSR count). The van der Waals surface area contributed by atoms with E-state index in [0.29, 0.717) is 9.20 Å². The Balaban J connectivity index is 1.91. The highest BCUT2D eigenvalue weighted by Gasteiger charge is 2.19. The van der Waals surface area contributed by atoms with Crippen LogP contribution >= 0.6 is 11.3 Å². The molecule has 1 aliphatic rings. The van der Waals surface area contributed by atoms with Gasteiger partial charge in [0.1, 0.15) is 4.66 Å². The van der Waals surface area contributed by atoms with E-state index in [-0.39, 0.29) is 11.3 Å². The van der Waals surface area contributed by atoms with Crippen molar-refractivity contribution in [2.45, 2.75) is 40.0 Å². The maximum Gasteiger partial charge on any atom is 0.268 e. The number of benzene rings is 1. The normalized spacial score (nSPS) is 16.8. The quantitative estimate of drug-likeness (QED) is 0.817. The van der Waals surface area contributed by atoms with Crippen LogP contribution in [-0.2, 0) is 11.8 Å². The first-order valence-electron chi connectivity index (χ1n) is 9.54. The molecule has 0 N–H and O–H groups in total. The highest BCUT2D eigenvalue weighted by atomic mass is 32.1. The summed E-state index contributed by atoms with van der Waals surface area (Å²) in [4.78, 5) is 27.2. The van der Waals surface area contributed by atoms with Crippen molar-refractivity contribution in [2.75, 3.05) is 18.0 Å². The Morgan fingerprint density at radius 2 is 1.70 bits per heavy atom. The fraction of sp³-hybridized carbons (Fsp3) is 0.455. The summed E-state index contributed by atoms with van der Waals surface area (Å²) in [5.41, 5.74) is 1.74. The Morgan fingerprint density at radius 1 is 1.07 bits per heavy atom. The van der Waals surface area contributed by atoms with Crippen LogP contribution in [0.25, 0.3) is 12.2 Å². The molecule has 0 atom stereocenters. The van der Waals surface area contributed by atoms with Crippen molar-refractivity contribution in [2.24, 2.45) is 12.5 Å². The second kappa shape index (κ2) is 7.85. The molecule has 144 valence electrons. The van der Waals surface area contributed by atoms with Crippen molar-refractivity contribution in [3.8, 4) is 0 Å². The van der Waals surface area contributed by atoms with E-state index >= 15 is 0 Å². The number of hydrogen-bond acceptors (Lipinski definition) is 4. The second-order valence-electron chi connectivity index (χ2n) is 8.21. The molecule has 0 aliphatic carbocycles. The number of carbonyl (C=O) groups is 1. The third-order valence-electron chi connectivity index (χ3n) is 4.97. The van der Waals surface area contributed by atoms with Crippen LogP contribution < -0.4 is 19.7 Å². The molecule has 1 aliphatic heterocycles. The maximum atomic E-state index is 12.5. The number of ketones is 1. The van der Waals surface area contributed by atoms with Gasteiger partial charge in [0.25, 0.3) is 5.56 Å². The summed E-state index contributed by atoms with van der Waals surface area (Å²) in [5, 5.41) is 0. The van der Waals surface area contributed by atoms with E-state index in [4.69, 9.17) is 0 Å². The molecule has 5 heteroatoms. The zero-order chi connectivity index (χ0) is 19.6. The van der Waals surface area contributed by atoms with Crippen molar-refractivity contribution in [1.82, 2.24) is 4.57 Å². The number of nitrogens with zero attached hydrogens (tertiary/aromatic N) is 2. The van der Waals surface area contributed by atoms with E-state index in [1.807, 2.05) is 26.8 Å². The molecular weight excluding hydrogens is 356 g/mol. The number of rotatable bonds is 3. The summed E-state index contributed by atoms with van der Waals surface area (Å²) in [6.45, 7) is 7.89. The van der Waals surface area contributed by atoms with E-state index in [1.54, 1.807) is 17.7 Å². The van der Waals surface area contributed by atoms with Gasteiger partial charge in [-0.05, 0) is 43.0 Å². The molecule has 0 spiro atoms. The molecule has 0 amide bonds. The van der Waals surface area contributed by atoms with Crippen LogP contribution in [0.2, 0.25) is 0 Å². The van der Waals surface area contributed by atoms with Gasteiger partial charge >= 0.3 is 0 Å². The van der Waals surface area contributed by atoms with Crippen molar-refractivity contribution in [1.29, 1.82) is 0 Å². The summed E-state index contributed by atoms with van der Waals surface area (Å²) in [6, 6.07) is 8.39. The predicted molar refractivity (Wildman–Crippen MR) is 114 cm³/mol. The van der Waals surface area contributed by atoms with Crippen LogP contribution in [0.15, 0.2) is 29.1 Å². The largest absolute Gasteiger partial charge is 0.372 e. The molecule has 2 aromatic rings. The van der Waals surface area contributed by atoms with Gasteiger partial charge < -0.3 is 9.47 Å². The minimum absolute atomic E-state index is 0.0248. The molecule has 4 nitrogen and oxygen atoms in total. The van der Waals surface area contributed by atoms with Crippen LogP contribution in [0.1, 0.15) is 45.6 Å². The molecule has 1 aromatic heterocycles. The maximum absolute atomic E-state index is 12.5. The third kappa shape index (κ3) is 4.59. The van der Waals surface area contributed by atoms with Crippen molar-refractivity contribution >= 4 is 35.0 Å². The average molecular weight is 385 g/mol. The lowest BCUT2D eigenvalue weighted by molar-refractivity contribution is -0.120. The van der Waals surface area contributed by atoms with Gasteiger partial charge in [0, 0.05) is 37.3 Å². The van der Waals surface area contributed by atoms with Crippen LogP contribution in [0.5, 0.6) is 0 Å². The Morgan fingerprint density at radius 3 is 2.30 bits per heavy atom. The third-order valence-corrected chi connectivity index (χ3v) is 6.08. The SMILES string of the molecule is Cn1c(=O)/c(=C\c2ccc(N3CCCCC3)cc2)s/c1=C\C(=O)C(C)(C)C. The van der Waals surface area contributed by atoms with Crippen molar-refractivity contribution in [3.05, 3.63) is 49.4 Å². The number of carbonyl (C=O) groups excluding carboxylic acids is 1. The topological polar surface area (TPSA) is 42.3 Å². The Hall–Kier alpha value is -2.14. The summed E-state index contributed by atoms with van der Waals surface area (Å²) in [7, 11) is 1.72. The Bertz CT molecular complexity index is 985. The standard InChI is InChI=1S/C22H28N2O2S/c1-22(2,3)19(25)15-20-23(4)21(26)18(27-20)14-16-8-10-17(11-9-16)24-12-6-5-7-13-24/h8-11,14-15H,5-7,12-13H2,1-4H3/b18-14+,20-15-. The highest BCUT2D eigenvalue weighted by molar-refractivity contribution is 7.07. The number of Topliss-reactive ketones (excluding diaryl/α,β-unsaturated/α-hetero) is 1. The van der Waals surface area contributed by atoms with E-state index in [9.17, 15) is 9.59 Å². The molecule has 1 saturated heterocycles. The van der Waals surface area contributed by atoms with Gasteiger partial charge in [-0.1, -0.05) is 32.9 Å². The number of piperidine rings is 1. The van der Waals surface area contributed by atoms with Crippen LogP contribution in [0.4, 0.5) is 5.69 Å². The predicted octanol–water partition coefficient (Wildman–Crippen LogP) is 2.66. The van der Waals surface area contributed by atoms with E-state index < -0.39 is 5.41 Å². The number of anilines is 1. The summed E-state index contributed by atoms with van der Waals surface area (Å²) in [6.07, 6.45) is 7.33. The van der Waals surface area contributed by atoms with Gasteiger partial charge in [-0.3, -0.25) is 9.59 Å². The smallest absolute Gasteiger partial charge is 0.268 e.